The lowest BCUT2D eigenvalue weighted by Gasteiger charge is -2.27. The van der Waals surface area contributed by atoms with Crippen molar-refractivity contribution in [3.8, 4) is 17.1 Å². The van der Waals surface area contributed by atoms with E-state index in [9.17, 15) is 9.18 Å². The van der Waals surface area contributed by atoms with Crippen LogP contribution in [0, 0.1) is 12.7 Å². The van der Waals surface area contributed by atoms with E-state index >= 15 is 0 Å². The van der Waals surface area contributed by atoms with Crippen LogP contribution in [-0.4, -0.2) is 51.9 Å². The van der Waals surface area contributed by atoms with Gasteiger partial charge in [0.2, 0.25) is 0 Å². The van der Waals surface area contributed by atoms with E-state index in [1.54, 1.807) is 22.8 Å². The first kappa shape index (κ1) is 23.3. The Morgan fingerprint density at radius 3 is 2.46 bits per heavy atom. The van der Waals surface area contributed by atoms with E-state index in [4.69, 9.17) is 4.74 Å². The molecule has 6 nitrogen and oxygen atoms in total. The van der Waals surface area contributed by atoms with Gasteiger partial charge in [-0.25, -0.2) is 4.39 Å². The Balaban J connectivity index is 1.47. The number of morpholine rings is 1. The standard InChI is InChI=1S/C27H25FN4O2S/c1-19-10-12-20(13-11-19)25-29-30-27(32(25)24-9-5-4-8-23(24)28)35-18-21-6-2-3-7-22(21)26(33)31-14-16-34-17-15-31/h2-13H,14-18H2,1H3. The molecule has 0 unspecified atom stereocenters. The molecule has 1 aromatic heterocycles. The van der Waals surface area contributed by atoms with Crippen LogP contribution in [0.1, 0.15) is 21.5 Å². The maximum absolute atomic E-state index is 14.9. The van der Waals surface area contributed by atoms with E-state index in [0.29, 0.717) is 54.3 Å². The lowest BCUT2D eigenvalue weighted by molar-refractivity contribution is 0.0302. The van der Waals surface area contributed by atoms with Gasteiger partial charge in [-0.2, -0.15) is 0 Å². The Morgan fingerprint density at radius 1 is 0.971 bits per heavy atom. The van der Waals surface area contributed by atoms with Crippen LogP contribution in [0.25, 0.3) is 17.1 Å². The van der Waals surface area contributed by atoms with Gasteiger partial charge < -0.3 is 9.64 Å². The molecule has 1 fully saturated rings. The van der Waals surface area contributed by atoms with Crippen LogP contribution in [0.3, 0.4) is 0 Å². The number of amides is 1. The molecule has 1 amide bonds. The minimum Gasteiger partial charge on any atom is -0.378 e. The number of hydrogen-bond donors (Lipinski definition) is 0. The van der Waals surface area contributed by atoms with Crippen molar-refractivity contribution >= 4 is 17.7 Å². The number of carbonyl (C=O) groups excluding carboxylic acids is 1. The normalized spacial score (nSPS) is 13.7. The van der Waals surface area contributed by atoms with Gasteiger partial charge >= 0.3 is 0 Å². The second kappa shape index (κ2) is 10.4. The summed E-state index contributed by atoms with van der Waals surface area (Å²) in [7, 11) is 0. The summed E-state index contributed by atoms with van der Waals surface area (Å²) in [6, 6.07) is 22.1. The molecule has 8 heteroatoms. The maximum Gasteiger partial charge on any atom is 0.254 e. The highest BCUT2D eigenvalue weighted by Gasteiger charge is 2.22. The summed E-state index contributed by atoms with van der Waals surface area (Å²) in [6.07, 6.45) is 0. The van der Waals surface area contributed by atoms with Crippen molar-refractivity contribution in [1.82, 2.24) is 19.7 Å². The molecular weight excluding hydrogens is 463 g/mol. The molecule has 0 bridgehead atoms. The predicted molar refractivity (Wildman–Crippen MR) is 134 cm³/mol. The predicted octanol–water partition coefficient (Wildman–Crippen LogP) is 5.15. The number of benzene rings is 3. The van der Waals surface area contributed by atoms with Gasteiger partial charge in [0.1, 0.15) is 5.82 Å². The summed E-state index contributed by atoms with van der Waals surface area (Å²) < 4.78 is 22.0. The molecule has 0 aliphatic carbocycles. The number of aromatic nitrogens is 3. The van der Waals surface area contributed by atoms with Crippen molar-refractivity contribution in [3.63, 3.8) is 0 Å². The number of aryl methyl sites for hydroxylation is 1. The van der Waals surface area contributed by atoms with E-state index in [0.717, 1.165) is 16.7 Å². The second-order valence-electron chi connectivity index (χ2n) is 8.31. The summed E-state index contributed by atoms with van der Waals surface area (Å²) in [6.45, 7) is 4.29. The zero-order valence-corrected chi connectivity index (χ0v) is 20.2. The number of carbonyl (C=O) groups is 1. The highest BCUT2D eigenvalue weighted by Crippen LogP contribution is 2.31. The molecule has 0 saturated carbocycles. The van der Waals surface area contributed by atoms with Crippen LogP contribution in [0.4, 0.5) is 4.39 Å². The highest BCUT2D eigenvalue weighted by molar-refractivity contribution is 7.98. The Morgan fingerprint density at radius 2 is 1.69 bits per heavy atom. The molecule has 0 spiro atoms. The van der Waals surface area contributed by atoms with Crippen LogP contribution in [0.15, 0.2) is 78.0 Å². The fraction of sp³-hybridized carbons (Fsp3) is 0.222. The third-order valence-corrected chi connectivity index (χ3v) is 6.92. The van der Waals surface area contributed by atoms with E-state index in [1.807, 2.05) is 60.4 Å². The van der Waals surface area contributed by atoms with Crippen LogP contribution in [0.2, 0.25) is 0 Å². The van der Waals surface area contributed by atoms with E-state index < -0.39 is 0 Å². The molecule has 1 aliphatic heterocycles. The molecule has 2 heterocycles. The van der Waals surface area contributed by atoms with Crippen LogP contribution < -0.4 is 0 Å². The fourth-order valence-electron chi connectivity index (χ4n) is 4.04. The number of hydrogen-bond acceptors (Lipinski definition) is 5. The molecule has 1 aliphatic rings. The van der Waals surface area contributed by atoms with Gasteiger partial charge in [0.25, 0.3) is 5.91 Å². The minimum absolute atomic E-state index is 0.000384. The molecule has 5 rings (SSSR count). The number of ether oxygens (including phenoxy) is 1. The Labute approximate surface area is 207 Å². The molecule has 4 aromatic rings. The first-order chi connectivity index (χ1) is 17.1. The molecule has 3 aromatic carbocycles. The van der Waals surface area contributed by atoms with Gasteiger partial charge in [-0.1, -0.05) is 71.9 Å². The van der Waals surface area contributed by atoms with E-state index in [2.05, 4.69) is 10.2 Å². The zero-order chi connectivity index (χ0) is 24.2. The SMILES string of the molecule is Cc1ccc(-c2nnc(SCc3ccccc3C(=O)N3CCOCC3)n2-c2ccccc2F)cc1. The van der Waals surface area contributed by atoms with Gasteiger partial charge in [-0.3, -0.25) is 9.36 Å². The summed E-state index contributed by atoms with van der Waals surface area (Å²) >= 11 is 1.43. The third kappa shape index (κ3) is 4.99. The van der Waals surface area contributed by atoms with Crippen molar-refractivity contribution in [2.24, 2.45) is 0 Å². The van der Waals surface area contributed by atoms with Gasteiger partial charge in [0.15, 0.2) is 11.0 Å². The van der Waals surface area contributed by atoms with Crippen molar-refractivity contribution < 1.29 is 13.9 Å². The quantitative estimate of drug-likeness (QED) is 0.352. The average molecular weight is 489 g/mol. The molecule has 178 valence electrons. The summed E-state index contributed by atoms with van der Waals surface area (Å²) in [4.78, 5) is 15.0. The number of nitrogens with zero attached hydrogens (tertiary/aromatic N) is 4. The summed E-state index contributed by atoms with van der Waals surface area (Å²) in [5.74, 6) is 0.702. The Bertz CT molecular complexity index is 1330. The first-order valence-corrected chi connectivity index (χ1v) is 12.5. The Hall–Kier alpha value is -3.49. The van der Waals surface area contributed by atoms with Gasteiger partial charge in [-0.05, 0) is 30.7 Å². The largest absolute Gasteiger partial charge is 0.378 e. The molecular formula is C27H25FN4O2S. The Kier molecular flexibility index (Phi) is 6.92. The second-order valence-corrected chi connectivity index (χ2v) is 9.25. The zero-order valence-electron chi connectivity index (χ0n) is 19.4. The van der Waals surface area contributed by atoms with E-state index in [-0.39, 0.29) is 11.7 Å². The van der Waals surface area contributed by atoms with Crippen LogP contribution >= 0.6 is 11.8 Å². The number of para-hydroxylation sites is 1. The van der Waals surface area contributed by atoms with E-state index in [1.165, 1.54) is 17.8 Å². The fourth-order valence-corrected chi connectivity index (χ4v) is 4.99. The van der Waals surface area contributed by atoms with Crippen molar-refractivity contribution in [3.05, 3.63) is 95.3 Å². The van der Waals surface area contributed by atoms with Crippen molar-refractivity contribution in [1.29, 1.82) is 0 Å². The van der Waals surface area contributed by atoms with Gasteiger partial charge in [-0.15, -0.1) is 10.2 Å². The monoisotopic (exact) mass is 488 g/mol. The van der Waals surface area contributed by atoms with Crippen molar-refractivity contribution in [2.75, 3.05) is 26.3 Å². The topological polar surface area (TPSA) is 60.3 Å². The number of halogens is 1. The maximum atomic E-state index is 14.9. The van der Waals surface area contributed by atoms with Gasteiger partial charge in [0.05, 0.1) is 18.9 Å². The molecule has 0 atom stereocenters. The lowest BCUT2D eigenvalue weighted by atomic mass is 10.1. The molecule has 0 N–H and O–H groups in total. The number of thioether (sulfide) groups is 1. The first-order valence-electron chi connectivity index (χ1n) is 11.5. The van der Waals surface area contributed by atoms with Crippen LogP contribution in [0.5, 0.6) is 0 Å². The van der Waals surface area contributed by atoms with Crippen LogP contribution in [-0.2, 0) is 10.5 Å². The summed E-state index contributed by atoms with van der Waals surface area (Å²) in [5.41, 5.74) is 3.92. The van der Waals surface area contributed by atoms with Gasteiger partial charge in [0, 0.05) is 30.0 Å². The number of rotatable bonds is 6. The summed E-state index contributed by atoms with van der Waals surface area (Å²) in [5, 5.41) is 9.38. The highest BCUT2D eigenvalue weighted by atomic mass is 32.2. The smallest absolute Gasteiger partial charge is 0.254 e. The minimum atomic E-state index is -0.356. The average Bonchev–Trinajstić information content (AvgIpc) is 3.32. The molecule has 35 heavy (non-hydrogen) atoms. The molecule has 1 saturated heterocycles. The lowest BCUT2D eigenvalue weighted by Crippen LogP contribution is -2.41. The van der Waals surface area contributed by atoms with Crippen molar-refractivity contribution in [2.45, 2.75) is 17.8 Å². The molecule has 0 radical (unpaired) electrons. The third-order valence-electron chi connectivity index (χ3n) is 5.94.